The van der Waals surface area contributed by atoms with Crippen LogP contribution in [0.15, 0.2) is 0 Å². The van der Waals surface area contributed by atoms with Crippen molar-refractivity contribution in [2.24, 2.45) is 56.7 Å². The Morgan fingerprint density at radius 2 is 1.23 bits per heavy atom. The van der Waals surface area contributed by atoms with Gasteiger partial charge in [0.2, 0.25) is 0 Å². The van der Waals surface area contributed by atoms with Gasteiger partial charge in [-0.2, -0.15) is 0 Å². The summed E-state index contributed by atoms with van der Waals surface area (Å²) in [5.41, 5.74) is 2.77. The maximum Gasteiger partial charge on any atom is 0.0657 e. The SMILES string of the molecule is CC1(C)CCC[C@@]2(C)C1CC[C@]1(C)[C@@H]2CC[C@@H]2[C@@]34CC[C@@H]([C@@H]3CC[C@]21C)C(C)(C)OC4. The van der Waals surface area contributed by atoms with Gasteiger partial charge in [0.05, 0.1) is 12.2 Å². The minimum absolute atomic E-state index is 0.110. The van der Waals surface area contributed by atoms with Crippen LogP contribution in [0.1, 0.15) is 119 Å². The van der Waals surface area contributed by atoms with Crippen molar-refractivity contribution in [3.63, 3.8) is 0 Å². The van der Waals surface area contributed by atoms with Crippen molar-refractivity contribution in [1.82, 2.24) is 0 Å². The Hall–Kier alpha value is -0.0400. The standard InChI is InChI=1S/C30H50O/c1-25(2)14-8-15-27(5)22(25)13-17-28(6)23(27)9-10-24-29(28,7)16-11-21-20-12-18-30(21,24)19-31-26(20,3)4/h20-24H,8-19H2,1-7H3/t20-,21-,22?,23+,24-,27-,28+,29+,30+/m0/s1. The lowest BCUT2D eigenvalue weighted by Gasteiger charge is -2.73. The minimum atomic E-state index is 0.110. The number of ether oxygens (including phenoxy) is 1. The van der Waals surface area contributed by atoms with Crippen LogP contribution < -0.4 is 0 Å². The lowest BCUT2D eigenvalue weighted by atomic mass is 9.31. The first-order valence-corrected chi connectivity index (χ1v) is 14.0. The van der Waals surface area contributed by atoms with Crippen LogP contribution in [0.25, 0.3) is 0 Å². The zero-order chi connectivity index (χ0) is 22.1. The van der Waals surface area contributed by atoms with Crippen LogP contribution in [0, 0.1) is 56.7 Å². The van der Waals surface area contributed by atoms with Gasteiger partial charge in [0.15, 0.2) is 0 Å². The Morgan fingerprint density at radius 3 is 2.00 bits per heavy atom. The lowest BCUT2D eigenvalue weighted by Crippen LogP contribution is -2.68. The second kappa shape index (κ2) is 6.14. The molecular formula is C30H50O. The van der Waals surface area contributed by atoms with Crippen molar-refractivity contribution >= 4 is 0 Å². The summed E-state index contributed by atoms with van der Waals surface area (Å²) in [7, 11) is 0. The van der Waals surface area contributed by atoms with Gasteiger partial charge >= 0.3 is 0 Å². The number of fused-ring (bicyclic) bond motifs is 5. The highest BCUT2D eigenvalue weighted by molar-refractivity contribution is 5.21. The van der Waals surface area contributed by atoms with E-state index in [1.54, 1.807) is 0 Å². The van der Waals surface area contributed by atoms with Crippen molar-refractivity contribution in [2.45, 2.75) is 125 Å². The van der Waals surface area contributed by atoms with Crippen LogP contribution in [-0.2, 0) is 4.74 Å². The predicted octanol–water partition coefficient (Wildman–Crippen LogP) is 8.27. The Bertz CT molecular complexity index is 766. The molecule has 0 aromatic rings. The molecule has 31 heavy (non-hydrogen) atoms. The quantitative estimate of drug-likeness (QED) is 0.379. The number of hydrogen-bond acceptors (Lipinski definition) is 1. The molecule has 0 aromatic carbocycles. The third-order valence-corrected chi connectivity index (χ3v) is 14.0. The first-order chi connectivity index (χ1) is 14.4. The Balaban J connectivity index is 1.39. The van der Waals surface area contributed by atoms with Crippen LogP contribution in [0.2, 0.25) is 0 Å². The zero-order valence-electron chi connectivity index (χ0n) is 21.8. The average molecular weight is 427 g/mol. The predicted molar refractivity (Wildman–Crippen MR) is 129 cm³/mol. The first-order valence-electron chi connectivity index (χ1n) is 14.0. The van der Waals surface area contributed by atoms with Crippen molar-refractivity contribution in [1.29, 1.82) is 0 Å². The molecule has 6 rings (SSSR count). The normalized spacial score (nSPS) is 59.1. The topological polar surface area (TPSA) is 9.23 Å². The summed E-state index contributed by atoms with van der Waals surface area (Å²) in [5.74, 6) is 4.53. The molecular weight excluding hydrogens is 376 g/mol. The summed E-state index contributed by atoms with van der Waals surface area (Å²) in [4.78, 5) is 0. The molecule has 1 heteroatoms. The lowest BCUT2D eigenvalue weighted by molar-refractivity contribution is -0.272. The molecule has 176 valence electrons. The molecule has 0 N–H and O–H groups in total. The third kappa shape index (κ3) is 2.39. The van der Waals surface area contributed by atoms with Gasteiger partial charge < -0.3 is 4.74 Å². The van der Waals surface area contributed by atoms with Gasteiger partial charge in [0.1, 0.15) is 0 Å². The van der Waals surface area contributed by atoms with Crippen LogP contribution in [0.5, 0.6) is 0 Å². The van der Waals surface area contributed by atoms with Crippen molar-refractivity contribution in [2.75, 3.05) is 6.61 Å². The molecule has 1 heterocycles. The van der Waals surface area contributed by atoms with E-state index in [0.29, 0.717) is 27.1 Å². The van der Waals surface area contributed by atoms with E-state index in [9.17, 15) is 0 Å². The van der Waals surface area contributed by atoms with Crippen molar-refractivity contribution in [3.8, 4) is 0 Å². The van der Waals surface area contributed by atoms with E-state index >= 15 is 0 Å². The molecule has 9 atom stereocenters. The molecule has 1 saturated heterocycles. The summed E-state index contributed by atoms with van der Waals surface area (Å²) in [6.45, 7) is 19.4. The summed E-state index contributed by atoms with van der Waals surface area (Å²) in [6, 6.07) is 0. The highest BCUT2D eigenvalue weighted by atomic mass is 16.5. The number of rotatable bonds is 0. The van der Waals surface area contributed by atoms with Crippen LogP contribution >= 0.6 is 0 Å². The van der Waals surface area contributed by atoms with E-state index in [1.807, 2.05) is 0 Å². The van der Waals surface area contributed by atoms with Gasteiger partial charge in [0.25, 0.3) is 0 Å². The third-order valence-electron chi connectivity index (χ3n) is 14.0. The van der Waals surface area contributed by atoms with E-state index in [0.717, 1.165) is 36.2 Å². The smallest absolute Gasteiger partial charge is 0.0657 e. The van der Waals surface area contributed by atoms with E-state index in [2.05, 4.69) is 48.5 Å². The van der Waals surface area contributed by atoms with Gasteiger partial charge in [-0.1, -0.05) is 41.0 Å². The fraction of sp³-hybridized carbons (Fsp3) is 1.00. The number of hydrogen-bond donors (Lipinski definition) is 0. The molecule has 1 unspecified atom stereocenters. The Kier molecular flexibility index (Phi) is 4.26. The van der Waals surface area contributed by atoms with Crippen LogP contribution in [-0.4, -0.2) is 12.2 Å². The molecule has 6 fully saturated rings. The van der Waals surface area contributed by atoms with Gasteiger partial charge in [-0.25, -0.2) is 0 Å². The fourth-order valence-corrected chi connectivity index (χ4v) is 12.5. The maximum atomic E-state index is 6.71. The highest BCUT2D eigenvalue weighted by Crippen LogP contribution is 2.78. The molecule has 1 aliphatic heterocycles. The molecule has 5 saturated carbocycles. The van der Waals surface area contributed by atoms with Gasteiger partial charge in [-0.3, -0.25) is 0 Å². The molecule has 0 spiro atoms. The summed E-state index contributed by atoms with van der Waals surface area (Å²) in [5, 5.41) is 0. The monoisotopic (exact) mass is 426 g/mol. The van der Waals surface area contributed by atoms with Crippen molar-refractivity contribution in [3.05, 3.63) is 0 Å². The largest absolute Gasteiger partial charge is 0.375 e. The Labute approximate surface area is 192 Å². The Morgan fingerprint density at radius 1 is 0.581 bits per heavy atom. The molecule has 5 aliphatic carbocycles. The second-order valence-corrected chi connectivity index (χ2v) is 15.4. The van der Waals surface area contributed by atoms with Gasteiger partial charge in [-0.15, -0.1) is 0 Å². The minimum Gasteiger partial charge on any atom is -0.375 e. The summed E-state index contributed by atoms with van der Waals surface area (Å²) >= 11 is 0. The molecule has 0 amide bonds. The summed E-state index contributed by atoms with van der Waals surface area (Å²) < 4.78 is 6.71. The van der Waals surface area contributed by atoms with E-state index in [4.69, 9.17) is 4.74 Å². The second-order valence-electron chi connectivity index (χ2n) is 15.4. The first kappa shape index (κ1) is 21.5. The molecule has 1 nitrogen and oxygen atoms in total. The average Bonchev–Trinajstić information content (AvgIpc) is 3.00. The van der Waals surface area contributed by atoms with Crippen molar-refractivity contribution < 1.29 is 4.74 Å². The van der Waals surface area contributed by atoms with E-state index in [-0.39, 0.29) is 5.60 Å². The molecule has 2 bridgehead atoms. The highest BCUT2D eigenvalue weighted by Gasteiger charge is 2.72. The van der Waals surface area contributed by atoms with Gasteiger partial charge in [0, 0.05) is 5.41 Å². The zero-order valence-corrected chi connectivity index (χ0v) is 21.8. The fourth-order valence-electron chi connectivity index (χ4n) is 12.5. The maximum absolute atomic E-state index is 6.71. The molecule has 0 aromatic heterocycles. The molecule has 6 aliphatic rings. The summed E-state index contributed by atoms with van der Waals surface area (Å²) in [6.07, 6.45) is 16.2. The van der Waals surface area contributed by atoms with E-state index < -0.39 is 0 Å². The molecule has 0 radical (unpaired) electrons. The van der Waals surface area contributed by atoms with Crippen LogP contribution in [0.4, 0.5) is 0 Å². The van der Waals surface area contributed by atoms with Gasteiger partial charge in [-0.05, 0) is 129 Å². The van der Waals surface area contributed by atoms with E-state index in [1.165, 1.54) is 70.6 Å². The van der Waals surface area contributed by atoms with Crippen LogP contribution in [0.3, 0.4) is 0 Å².